The van der Waals surface area contributed by atoms with Crippen LogP contribution < -0.4 is 0 Å². The summed E-state index contributed by atoms with van der Waals surface area (Å²) in [6.45, 7) is 4.22. The first-order chi connectivity index (χ1) is 9.70. The van der Waals surface area contributed by atoms with Gasteiger partial charge in [0.1, 0.15) is 5.82 Å². The SMILES string of the molecule is Cc1ccc(-n2c(CCCl)nc3cccc(C)c32)cc1. The van der Waals surface area contributed by atoms with E-state index in [1.54, 1.807) is 0 Å². The van der Waals surface area contributed by atoms with Gasteiger partial charge in [0.05, 0.1) is 11.0 Å². The topological polar surface area (TPSA) is 17.8 Å². The molecule has 0 saturated carbocycles. The van der Waals surface area contributed by atoms with Crippen LogP contribution in [0.3, 0.4) is 0 Å². The van der Waals surface area contributed by atoms with Crippen molar-refractivity contribution >= 4 is 22.6 Å². The highest BCUT2D eigenvalue weighted by atomic mass is 35.5. The van der Waals surface area contributed by atoms with E-state index in [0.717, 1.165) is 23.4 Å². The van der Waals surface area contributed by atoms with Gasteiger partial charge >= 0.3 is 0 Å². The smallest absolute Gasteiger partial charge is 0.115 e. The molecule has 0 aliphatic heterocycles. The molecule has 3 aromatic rings. The minimum atomic E-state index is 0.578. The average molecular weight is 285 g/mol. The molecule has 0 aliphatic rings. The molecule has 0 unspecified atom stereocenters. The standard InChI is InChI=1S/C17H17ClN2/c1-12-6-8-14(9-7-12)20-16(10-11-18)19-15-5-3-4-13(2)17(15)20/h3-9H,10-11H2,1-2H3. The Balaban J connectivity index is 2.30. The molecule has 3 rings (SSSR count). The van der Waals surface area contributed by atoms with Gasteiger partial charge in [-0.3, -0.25) is 4.57 Å². The monoisotopic (exact) mass is 284 g/mol. The number of hydrogen-bond donors (Lipinski definition) is 0. The number of alkyl halides is 1. The molecule has 0 amide bonds. The molecule has 0 spiro atoms. The molecular formula is C17H17ClN2. The summed E-state index contributed by atoms with van der Waals surface area (Å²) >= 11 is 5.93. The van der Waals surface area contributed by atoms with Crippen LogP contribution in [0.25, 0.3) is 16.7 Å². The van der Waals surface area contributed by atoms with Gasteiger partial charge in [-0.05, 0) is 37.6 Å². The molecule has 102 valence electrons. The number of para-hydroxylation sites is 1. The lowest BCUT2D eigenvalue weighted by Crippen LogP contribution is -2.02. The lowest BCUT2D eigenvalue weighted by molar-refractivity contribution is 0.910. The third-order valence-corrected chi connectivity index (χ3v) is 3.75. The first-order valence-corrected chi connectivity index (χ1v) is 7.34. The number of rotatable bonds is 3. The Morgan fingerprint density at radius 3 is 2.50 bits per heavy atom. The van der Waals surface area contributed by atoms with Crippen molar-refractivity contribution in [3.05, 3.63) is 59.4 Å². The van der Waals surface area contributed by atoms with Crippen LogP contribution in [0, 0.1) is 13.8 Å². The number of benzene rings is 2. The van der Waals surface area contributed by atoms with Crippen molar-refractivity contribution in [3.8, 4) is 5.69 Å². The zero-order chi connectivity index (χ0) is 14.1. The average Bonchev–Trinajstić information content (AvgIpc) is 2.80. The first-order valence-electron chi connectivity index (χ1n) is 6.80. The normalized spacial score (nSPS) is 11.2. The van der Waals surface area contributed by atoms with E-state index in [2.05, 4.69) is 60.9 Å². The maximum Gasteiger partial charge on any atom is 0.115 e. The zero-order valence-corrected chi connectivity index (χ0v) is 12.5. The van der Waals surface area contributed by atoms with Crippen LogP contribution in [0.1, 0.15) is 17.0 Å². The van der Waals surface area contributed by atoms with E-state index < -0.39 is 0 Å². The van der Waals surface area contributed by atoms with Gasteiger partial charge in [-0.1, -0.05) is 29.8 Å². The Morgan fingerprint density at radius 1 is 1.05 bits per heavy atom. The Hall–Kier alpha value is -1.80. The fourth-order valence-electron chi connectivity index (χ4n) is 2.57. The van der Waals surface area contributed by atoms with Crippen LogP contribution in [0.5, 0.6) is 0 Å². The van der Waals surface area contributed by atoms with Crippen molar-refractivity contribution in [2.24, 2.45) is 0 Å². The summed E-state index contributed by atoms with van der Waals surface area (Å²) in [6.07, 6.45) is 0.767. The summed E-state index contributed by atoms with van der Waals surface area (Å²) in [5, 5.41) is 0. The molecule has 1 aromatic heterocycles. The minimum Gasteiger partial charge on any atom is -0.296 e. The maximum atomic E-state index is 5.93. The Bertz CT molecular complexity index is 742. The number of imidazole rings is 1. The van der Waals surface area contributed by atoms with Gasteiger partial charge in [0.25, 0.3) is 0 Å². The Morgan fingerprint density at radius 2 is 1.80 bits per heavy atom. The summed E-state index contributed by atoms with van der Waals surface area (Å²) in [5.41, 5.74) is 5.85. The lowest BCUT2D eigenvalue weighted by atomic mass is 10.2. The van der Waals surface area contributed by atoms with Gasteiger partial charge in [-0.2, -0.15) is 0 Å². The fraction of sp³-hybridized carbons (Fsp3) is 0.235. The van der Waals surface area contributed by atoms with E-state index in [1.807, 2.05) is 0 Å². The van der Waals surface area contributed by atoms with E-state index in [-0.39, 0.29) is 0 Å². The van der Waals surface area contributed by atoms with Gasteiger partial charge in [0.2, 0.25) is 0 Å². The summed E-state index contributed by atoms with van der Waals surface area (Å²) in [5.74, 6) is 1.60. The molecule has 0 aliphatic carbocycles. The van der Waals surface area contributed by atoms with Gasteiger partial charge in [-0.15, -0.1) is 11.6 Å². The predicted octanol–water partition coefficient (Wildman–Crippen LogP) is 4.42. The number of halogens is 1. The highest BCUT2D eigenvalue weighted by molar-refractivity contribution is 6.17. The van der Waals surface area contributed by atoms with E-state index >= 15 is 0 Å². The number of aryl methyl sites for hydroxylation is 3. The van der Waals surface area contributed by atoms with Crippen molar-refractivity contribution in [1.29, 1.82) is 0 Å². The molecular weight excluding hydrogens is 268 g/mol. The predicted molar refractivity (Wildman–Crippen MR) is 85.0 cm³/mol. The van der Waals surface area contributed by atoms with Crippen molar-refractivity contribution in [2.45, 2.75) is 20.3 Å². The fourth-order valence-corrected chi connectivity index (χ4v) is 2.74. The molecule has 0 N–H and O–H groups in total. The van der Waals surface area contributed by atoms with Crippen molar-refractivity contribution in [3.63, 3.8) is 0 Å². The second-order valence-corrected chi connectivity index (χ2v) is 5.46. The van der Waals surface area contributed by atoms with E-state index in [4.69, 9.17) is 16.6 Å². The van der Waals surface area contributed by atoms with Crippen LogP contribution in [-0.4, -0.2) is 15.4 Å². The van der Waals surface area contributed by atoms with Crippen LogP contribution in [0.2, 0.25) is 0 Å². The second-order valence-electron chi connectivity index (χ2n) is 5.08. The Kier molecular flexibility index (Phi) is 3.49. The largest absolute Gasteiger partial charge is 0.296 e. The van der Waals surface area contributed by atoms with Gasteiger partial charge in [0, 0.05) is 18.0 Å². The van der Waals surface area contributed by atoms with Crippen LogP contribution in [0.15, 0.2) is 42.5 Å². The van der Waals surface area contributed by atoms with Crippen LogP contribution in [-0.2, 0) is 6.42 Å². The van der Waals surface area contributed by atoms with E-state index in [1.165, 1.54) is 16.6 Å². The lowest BCUT2D eigenvalue weighted by Gasteiger charge is -2.10. The third kappa shape index (κ3) is 2.20. The van der Waals surface area contributed by atoms with Crippen molar-refractivity contribution < 1.29 is 0 Å². The highest BCUT2D eigenvalue weighted by Gasteiger charge is 2.13. The Labute approximate surface area is 124 Å². The van der Waals surface area contributed by atoms with E-state index in [9.17, 15) is 0 Å². The molecule has 3 heteroatoms. The summed E-state index contributed by atoms with van der Waals surface area (Å²) in [6, 6.07) is 14.8. The summed E-state index contributed by atoms with van der Waals surface area (Å²) < 4.78 is 2.23. The molecule has 2 aromatic carbocycles. The minimum absolute atomic E-state index is 0.578. The summed E-state index contributed by atoms with van der Waals surface area (Å²) in [4.78, 5) is 4.74. The van der Waals surface area contributed by atoms with Crippen molar-refractivity contribution in [2.75, 3.05) is 5.88 Å². The van der Waals surface area contributed by atoms with Crippen LogP contribution in [0.4, 0.5) is 0 Å². The number of fused-ring (bicyclic) bond motifs is 1. The van der Waals surface area contributed by atoms with Gasteiger partial charge < -0.3 is 0 Å². The van der Waals surface area contributed by atoms with Gasteiger partial charge in [-0.25, -0.2) is 4.98 Å². The molecule has 0 saturated heterocycles. The highest BCUT2D eigenvalue weighted by Crippen LogP contribution is 2.25. The quantitative estimate of drug-likeness (QED) is 0.651. The third-order valence-electron chi connectivity index (χ3n) is 3.56. The second kappa shape index (κ2) is 5.29. The maximum absolute atomic E-state index is 5.93. The number of aromatic nitrogens is 2. The molecule has 20 heavy (non-hydrogen) atoms. The van der Waals surface area contributed by atoms with Gasteiger partial charge in [0.15, 0.2) is 0 Å². The van der Waals surface area contributed by atoms with Crippen molar-refractivity contribution in [1.82, 2.24) is 9.55 Å². The van der Waals surface area contributed by atoms with E-state index in [0.29, 0.717) is 5.88 Å². The zero-order valence-electron chi connectivity index (χ0n) is 11.7. The molecule has 2 nitrogen and oxygen atoms in total. The number of hydrogen-bond acceptors (Lipinski definition) is 1. The molecule has 0 bridgehead atoms. The first kappa shape index (κ1) is 13.2. The van der Waals surface area contributed by atoms with Crippen LogP contribution >= 0.6 is 11.6 Å². The summed E-state index contributed by atoms with van der Waals surface area (Å²) in [7, 11) is 0. The molecule has 1 heterocycles. The molecule has 0 radical (unpaired) electrons. The molecule has 0 atom stereocenters. The molecule has 0 fully saturated rings. The number of nitrogens with zero attached hydrogens (tertiary/aromatic N) is 2.